The standard InChI is InChI=1S/C19H28O12/c20-4-3-9-1-2-10(22)11(5-9)30-17-15(25)14(24)13(23)12(31-17)6-28-18-16(26)19(27,7-21)8-29-18/h1-2,5,12-18,20-27H,3-4,6-8H2/t12-,13-,14+,15-,16+,17-,18+,19-/m1/s1. The van der Waals surface area contributed by atoms with E-state index in [4.69, 9.17) is 29.2 Å². The molecule has 2 heterocycles. The second kappa shape index (κ2) is 9.92. The molecule has 31 heavy (non-hydrogen) atoms. The van der Waals surface area contributed by atoms with Gasteiger partial charge in [-0.1, -0.05) is 6.07 Å². The van der Waals surface area contributed by atoms with E-state index in [9.17, 15) is 30.6 Å². The zero-order valence-corrected chi connectivity index (χ0v) is 16.5. The molecule has 0 radical (unpaired) electrons. The average molecular weight is 448 g/mol. The fourth-order valence-electron chi connectivity index (χ4n) is 3.34. The van der Waals surface area contributed by atoms with Crippen LogP contribution in [0.4, 0.5) is 0 Å². The van der Waals surface area contributed by atoms with Gasteiger partial charge in [0.1, 0.15) is 36.1 Å². The predicted molar refractivity (Wildman–Crippen MR) is 99.9 cm³/mol. The van der Waals surface area contributed by atoms with Crippen molar-refractivity contribution >= 4 is 0 Å². The first-order valence-electron chi connectivity index (χ1n) is 9.73. The Hall–Kier alpha value is -1.58. The average Bonchev–Trinajstić information content (AvgIpc) is 3.04. The Morgan fingerprint density at radius 2 is 1.77 bits per heavy atom. The maximum Gasteiger partial charge on any atom is 0.229 e. The van der Waals surface area contributed by atoms with Crippen LogP contribution in [-0.2, 0) is 20.6 Å². The Labute approximate surface area is 177 Å². The molecule has 2 saturated heterocycles. The summed E-state index contributed by atoms with van der Waals surface area (Å²) in [7, 11) is 0. The summed E-state index contributed by atoms with van der Waals surface area (Å²) in [6.45, 7) is -1.68. The highest BCUT2D eigenvalue weighted by Crippen LogP contribution is 2.32. The molecule has 2 fully saturated rings. The number of hydrogen-bond donors (Lipinski definition) is 8. The molecular formula is C19H28O12. The number of aliphatic hydroxyl groups is 7. The van der Waals surface area contributed by atoms with Crippen LogP contribution in [0.5, 0.6) is 11.5 Å². The second-order valence-corrected chi connectivity index (χ2v) is 7.63. The van der Waals surface area contributed by atoms with Gasteiger partial charge in [-0.25, -0.2) is 0 Å². The molecule has 0 aliphatic carbocycles. The lowest BCUT2D eigenvalue weighted by Crippen LogP contribution is -2.60. The monoisotopic (exact) mass is 448 g/mol. The zero-order chi connectivity index (χ0) is 22.8. The first-order valence-corrected chi connectivity index (χ1v) is 9.73. The molecule has 8 N–H and O–H groups in total. The predicted octanol–water partition coefficient (Wildman–Crippen LogP) is -3.43. The van der Waals surface area contributed by atoms with Crippen molar-refractivity contribution in [2.75, 3.05) is 26.4 Å². The Balaban J connectivity index is 1.66. The van der Waals surface area contributed by atoms with Crippen LogP contribution in [-0.4, -0.2) is 116 Å². The van der Waals surface area contributed by atoms with Gasteiger partial charge in [0.2, 0.25) is 6.29 Å². The van der Waals surface area contributed by atoms with E-state index in [1.54, 1.807) is 6.07 Å². The summed E-state index contributed by atoms with van der Waals surface area (Å²) < 4.78 is 21.4. The topological polar surface area (TPSA) is 199 Å². The lowest BCUT2D eigenvalue weighted by Gasteiger charge is -2.40. The Kier molecular flexibility index (Phi) is 7.70. The largest absolute Gasteiger partial charge is 0.504 e. The van der Waals surface area contributed by atoms with Crippen molar-refractivity contribution in [3.8, 4) is 11.5 Å². The zero-order valence-electron chi connectivity index (χ0n) is 16.5. The molecule has 176 valence electrons. The van der Waals surface area contributed by atoms with E-state index in [2.05, 4.69) is 0 Å². The smallest absolute Gasteiger partial charge is 0.229 e. The van der Waals surface area contributed by atoms with Crippen LogP contribution in [0.25, 0.3) is 0 Å². The third-order valence-corrected chi connectivity index (χ3v) is 5.34. The number of aromatic hydroxyl groups is 1. The molecule has 2 aliphatic heterocycles. The summed E-state index contributed by atoms with van der Waals surface area (Å²) in [4.78, 5) is 0. The van der Waals surface area contributed by atoms with E-state index < -0.39 is 61.9 Å². The summed E-state index contributed by atoms with van der Waals surface area (Å²) in [6, 6.07) is 4.35. The molecular weight excluding hydrogens is 420 g/mol. The van der Waals surface area contributed by atoms with Crippen molar-refractivity contribution in [1.29, 1.82) is 0 Å². The van der Waals surface area contributed by atoms with Gasteiger partial charge in [0.25, 0.3) is 0 Å². The van der Waals surface area contributed by atoms with Gasteiger partial charge in [0, 0.05) is 6.61 Å². The summed E-state index contributed by atoms with van der Waals surface area (Å²) >= 11 is 0. The van der Waals surface area contributed by atoms with Gasteiger partial charge in [0.05, 0.1) is 19.8 Å². The maximum atomic E-state index is 10.2. The molecule has 12 heteroatoms. The van der Waals surface area contributed by atoms with Crippen molar-refractivity contribution in [1.82, 2.24) is 0 Å². The number of phenols is 1. The molecule has 12 nitrogen and oxygen atoms in total. The Bertz CT molecular complexity index is 732. The molecule has 0 spiro atoms. The summed E-state index contributed by atoms with van der Waals surface area (Å²) in [5, 5.41) is 78.8. The van der Waals surface area contributed by atoms with Gasteiger partial charge in [-0.2, -0.15) is 0 Å². The normalized spacial score (nSPS) is 38.4. The molecule has 1 aromatic carbocycles. The van der Waals surface area contributed by atoms with E-state index in [0.717, 1.165) is 0 Å². The first kappa shape index (κ1) is 24.1. The van der Waals surface area contributed by atoms with Crippen molar-refractivity contribution in [2.24, 2.45) is 0 Å². The van der Waals surface area contributed by atoms with Gasteiger partial charge in [-0.05, 0) is 24.1 Å². The first-order chi connectivity index (χ1) is 14.7. The molecule has 8 atom stereocenters. The molecule has 0 saturated carbocycles. The van der Waals surface area contributed by atoms with Crippen molar-refractivity contribution in [3.63, 3.8) is 0 Å². The van der Waals surface area contributed by atoms with Crippen LogP contribution in [0.3, 0.4) is 0 Å². The van der Waals surface area contributed by atoms with Crippen LogP contribution < -0.4 is 4.74 Å². The van der Waals surface area contributed by atoms with Crippen molar-refractivity contribution in [2.45, 2.75) is 55.1 Å². The van der Waals surface area contributed by atoms with E-state index >= 15 is 0 Å². The molecule has 3 rings (SSSR count). The van der Waals surface area contributed by atoms with E-state index in [-0.39, 0.29) is 24.7 Å². The number of aliphatic hydroxyl groups excluding tert-OH is 6. The molecule has 2 aliphatic rings. The SMILES string of the molecule is OCCc1ccc(O)c(O[C@@H]2O[C@H](CO[C@H]3OC[C@](O)(CO)[C@H]3O)[C@@H](O)[C@H](O)[C@H]2O)c1. The summed E-state index contributed by atoms with van der Waals surface area (Å²) in [5.74, 6) is -0.336. The van der Waals surface area contributed by atoms with Crippen molar-refractivity contribution < 1.29 is 59.8 Å². The number of benzene rings is 1. The lowest BCUT2D eigenvalue weighted by atomic mass is 9.99. The van der Waals surface area contributed by atoms with Gasteiger partial charge in [-0.3, -0.25) is 0 Å². The fourth-order valence-corrected chi connectivity index (χ4v) is 3.34. The fraction of sp³-hybridized carbons (Fsp3) is 0.684. The second-order valence-electron chi connectivity index (χ2n) is 7.63. The lowest BCUT2D eigenvalue weighted by molar-refractivity contribution is -0.289. The third kappa shape index (κ3) is 5.09. The number of hydrogen-bond acceptors (Lipinski definition) is 12. The molecule has 1 aromatic rings. The van der Waals surface area contributed by atoms with Crippen LogP contribution in [0.2, 0.25) is 0 Å². The third-order valence-electron chi connectivity index (χ3n) is 5.34. The molecule has 0 unspecified atom stereocenters. The van der Waals surface area contributed by atoms with Gasteiger partial charge >= 0.3 is 0 Å². The van der Waals surface area contributed by atoms with Crippen LogP contribution in [0.1, 0.15) is 5.56 Å². The minimum atomic E-state index is -1.89. The highest BCUT2D eigenvalue weighted by Gasteiger charge is 2.50. The Morgan fingerprint density at radius 1 is 1.03 bits per heavy atom. The van der Waals surface area contributed by atoms with E-state index in [1.807, 2.05) is 0 Å². The van der Waals surface area contributed by atoms with Gasteiger partial charge in [-0.15, -0.1) is 0 Å². The van der Waals surface area contributed by atoms with Crippen LogP contribution in [0, 0.1) is 0 Å². The summed E-state index contributed by atoms with van der Waals surface area (Å²) in [5.41, 5.74) is -1.25. The maximum absolute atomic E-state index is 10.2. The Morgan fingerprint density at radius 3 is 2.42 bits per heavy atom. The van der Waals surface area contributed by atoms with Gasteiger partial charge < -0.3 is 59.8 Å². The number of phenolic OH excluding ortho intramolecular Hbond substituents is 1. The van der Waals surface area contributed by atoms with Gasteiger partial charge in [0.15, 0.2) is 17.8 Å². The highest BCUT2D eigenvalue weighted by atomic mass is 16.7. The van der Waals surface area contributed by atoms with Crippen molar-refractivity contribution in [3.05, 3.63) is 23.8 Å². The van der Waals surface area contributed by atoms with E-state index in [0.29, 0.717) is 12.0 Å². The number of ether oxygens (including phenoxy) is 4. The van der Waals surface area contributed by atoms with Crippen LogP contribution >= 0.6 is 0 Å². The summed E-state index contributed by atoms with van der Waals surface area (Å²) in [6.07, 6.45) is -10.2. The molecule has 0 amide bonds. The quantitative estimate of drug-likeness (QED) is 0.196. The highest BCUT2D eigenvalue weighted by molar-refractivity contribution is 5.42. The minimum absolute atomic E-state index is 0.0687. The minimum Gasteiger partial charge on any atom is -0.504 e. The molecule has 0 aromatic heterocycles. The number of rotatable bonds is 8. The molecule has 0 bridgehead atoms. The van der Waals surface area contributed by atoms with Crippen LogP contribution in [0.15, 0.2) is 18.2 Å². The van der Waals surface area contributed by atoms with E-state index in [1.165, 1.54) is 12.1 Å².